The van der Waals surface area contributed by atoms with Crippen molar-refractivity contribution in [2.75, 3.05) is 40.3 Å². The van der Waals surface area contributed by atoms with E-state index in [2.05, 4.69) is 82.0 Å². The molecular weight excluding hydrogens is 525 g/mol. The molecule has 7 heteroatoms. The number of halogens is 1. The topological polar surface area (TPSA) is 60.0 Å². The Morgan fingerprint density at radius 1 is 1.06 bits per heavy atom. The summed E-state index contributed by atoms with van der Waals surface area (Å²) in [6, 6.07) is 21.9. The standard InChI is InChI=1S/C26H37N5O.HI/c1-21(23-12-8-5-9-13-23)31-18-15-24(16-19-31)29-26(28-20-25(32)30(2)3)27-17-14-22-10-6-4-7-11-22;/h4-13,21,24H,14-20H2,1-3H3,(H2,27,28,29);1H. The monoisotopic (exact) mass is 563 g/mol. The van der Waals surface area contributed by atoms with E-state index < -0.39 is 0 Å². The number of benzene rings is 2. The minimum atomic E-state index is 0. The molecule has 2 aromatic rings. The van der Waals surface area contributed by atoms with Gasteiger partial charge in [0, 0.05) is 45.8 Å². The third-order valence-electron chi connectivity index (χ3n) is 6.12. The van der Waals surface area contributed by atoms with E-state index in [1.54, 1.807) is 19.0 Å². The highest BCUT2D eigenvalue weighted by molar-refractivity contribution is 14.0. The van der Waals surface area contributed by atoms with Gasteiger partial charge >= 0.3 is 0 Å². The molecule has 1 aliphatic rings. The number of carbonyl (C=O) groups is 1. The molecular formula is C26H38IN5O. The molecule has 2 aromatic carbocycles. The lowest BCUT2D eigenvalue weighted by molar-refractivity contribution is -0.127. The molecule has 3 rings (SSSR count). The number of likely N-dealkylation sites (N-methyl/N-ethyl adjacent to an activating group) is 1. The van der Waals surface area contributed by atoms with Crippen LogP contribution in [0, 0.1) is 0 Å². The molecule has 1 amide bonds. The van der Waals surface area contributed by atoms with Gasteiger partial charge in [-0.3, -0.25) is 9.69 Å². The van der Waals surface area contributed by atoms with Crippen molar-refractivity contribution in [3.05, 3.63) is 71.8 Å². The maximum absolute atomic E-state index is 12.0. The zero-order valence-corrected chi connectivity index (χ0v) is 22.4. The average Bonchev–Trinajstić information content (AvgIpc) is 2.83. The van der Waals surface area contributed by atoms with Crippen LogP contribution in [0.2, 0.25) is 0 Å². The molecule has 0 aromatic heterocycles. The summed E-state index contributed by atoms with van der Waals surface area (Å²) in [5.41, 5.74) is 2.65. The van der Waals surface area contributed by atoms with Gasteiger partial charge in [0.05, 0.1) is 0 Å². The van der Waals surface area contributed by atoms with Crippen LogP contribution in [0.25, 0.3) is 0 Å². The Labute approximate surface area is 215 Å². The Bertz CT molecular complexity index is 852. The van der Waals surface area contributed by atoms with Gasteiger partial charge in [-0.05, 0) is 37.3 Å². The van der Waals surface area contributed by atoms with Crippen molar-refractivity contribution in [3.63, 3.8) is 0 Å². The van der Waals surface area contributed by atoms with Gasteiger partial charge in [-0.25, -0.2) is 4.99 Å². The third kappa shape index (κ3) is 8.97. The van der Waals surface area contributed by atoms with Crippen LogP contribution >= 0.6 is 24.0 Å². The van der Waals surface area contributed by atoms with Crippen LogP contribution in [0.5, 0.6) is 0 Å². The minimum absolute atomic E-state index is 0. The summed E-state index contributed by atoms with van der Waals surface area (Å²) in [4.78, 5) is 20.7. The molecule has 0 spiro atoms. The van der Waals surface area contributed by atoms with E-state index in [1.807, 2.05) is 6.07 Å². The van der Waals surface area contributed by atoms with Crippen molar-refractivity contribution in [2.45, 2.75) is 38.3 Å². The smallest absolute Gasteiger partial charge is 0.243 e. The van der Waals surface area contributed by atoms with Crippen LogP contribution in [0.4, 0.5) is 0 Å². The van der Waals surface area contributed by atoms with Gasteiger partial charge in [0.1, 0.15) is 6.54 Å². The zero-order valence-electron chi connectivity index (χ0n) is 20.0. The zero-order chi connectivity index (χ0) is 22.8. The fraction of sp³-hybridized carbons (Fsp3) is 0.462. The number of nitrogens with one attached hydrogen (secondary N) is 2. The Kier molecular flexibility index (Phi) is 11.7. The molecule has 33 heavy (non-hydrogen) atoms. The maximum Gasteiger partial charge on any atom is 0.243 e. The lowest BCUT2D eigenvalue weighted by Crippen LogP contribution is -2.49. The predicted molar refractivity (Wildman–Crippen MR) is 147 cm³/mol. The second-order valence-corrected chi connectivity index (χ2v) is 8.66. The highest BCUT2D eigenvalue weighted by atomic mass is 127. The van der Waals surface area contributed by atoms with Crippen molar-refractivity contribution in [1.29, 1.82) is 0 Å². The first-order valence-corrected chi connectivity index (χ1v) is 11.6. The van der Waals surface area contributed by atoms with Crippen molar-refractivity contribution in [2.24, 2.45) is 4.99 Å². The summed E-state index contributed by atoms with van der Waals surface area (Å²) >= 11 is 0. The van der Waals surface area contributed by atoms with Crippen LogP contribution in [0.3, 0.4) is 0 Å². The fourth-order valence-electron chi connectivity index (χ4n) is 3.98. The van der Waals surface area contributed by atoms with Gasteiger partial charge in [0.15, 0.2) is 5.96 Å². The summed E-state index contributed by atoms with van der Waals surface area (Å²) in [5, 5.41) is 7.00. The number of likely N-dealkylation sites (tertiary alicyclic amines) is 1. The van der Waals surface area contributed by atoms with Crippen LogP contribution < -0.4 is 10.6 Å². The van der Waals surface area contributed by atoms with Crippen molar-refractivity contribution in [1.82, 2.24) is 20.4 Å². The largest absolute Gasteiger partial charge is 0.356 e. The van der Waals surface area contributed by atoms with Gasteiger partial charge in [-0.15, -0.1) is 24.0 Å². The SMILES string of the molecule is CC(c1ccccc1)N1CCC(NC(=NCC(=O)N(C)C)NCCc2ccccc2)CC1.I. The molecule has 1 atom stereocenters. The molecule has 1 aliphatic heterocycles. The van der Waals surface area contributed by atoms with Gasteiger partial charge in [-0.1, -0.05) is 60.7 Å². The maximum atomic E-state index is 12.0. The highest BCUT2D eigenvalue weighted by Gasteiger charge is 2.24. The summed E-state index contributed by atoms with van der Waals surface area (Å²) < 4.78 is 0. The third-order valence-corrected chi connectivity index (χ3v) is 6.12. The first-order valence-electron chi connectivity index (χ1n) is 11.6. The number of rotatable bonds is 8. The van der Waals surface area contributed by atoms with Crippen LogP contribution in [-0.4, -0.2) is 68.0 Å². The van der Waals surface area contributed by atoms with Crippen molar-refractivity contribution < 1.29 is 4.79 Å². The summed E-state index contributed by atoms with van der Waals surface area (Å²) in [5.74, 6) is 0.728. The lowest BCUT2D eigenvalue weighted by atomic mass is 10.0. The van der Waals surface area contributed by atoms with E-state index in [0.717, 1.165) is 44.9 Å². The van der Waals surface area contributed by atoms with E-state index in [0.29, 0.717) is 12.1 Å². The number of carbonyl (C=O) groups excluding carboxylic acids is 1. The van der Waals surface area contributed by atoms with Gasteiger partial charge in [0.25, 0.3) is 0 Å². The predicted octanol–water partition coefficient (Wildman–Crippen LogP) is 3.70. The fourth-order valence-corrected chi connectivity index (χ4v) is 3.98. The molecule has 1 unspecified atom stereocenters. The molecule has 1 heterocycles. The number of guanidine groups is 1. The number of amides is 1. The number of piperidine rings is 1. The normalized spacial score (nSPS) is 15.9. The second-order valence-electron chi connectivity index (χ2n) is 8.66. The molecule has 1 saturated heterocycles. The van der Waals surface area contributed by atoms with Gasteiger partial charge in [0.2, 0.25) is 5.91 Å². The average molecular weight is 564 g/mol. The minimum Gasteiger partial charge on any atom is -0.356 e. The van der Waals surface area contributed by atoms with Crippen molar-refractivity contribution in [3.8, 4) is 0 Å². The van der Waals surface area contributed by atoms with Crippen LogP contribution in [-0.2, 0) is 11.2 Å². The molecule has 0 saturated carbocycles. The van der Waals surface area contributed by atoms with Crippen LogP contribution in [0.1, 0.15) is 36.9 Å². The van der Waals surface area contributed by atoms with Gasteiger partial charge < -0.3 is 15.5 Å². The molecule has 0 bridgehead atoms. The van der Waals surface area contributed by atoms with E-state index in [9.17, 15) is 4.79 Å². The van der Waals surface area contributed by atoms with Crippen molar-refractivity contribution >= 4 is 35.8 Å². The highest BCUT2D eigenvalue weighted by Crippen LogP contribution is 2.23. The molecule has 180 valence electrons. The quantitative estimate of drug-likeness (QED) is 0.292. The Morgan fingerprint density at radius 2 is 1.67 bits per heavy atom. The van der Waals surface area contributed by atoms with Gasteiger partial charge in [-0.2, -0.15) is 0 Å². The number of hydrogen-bond donors (Lipinski definition) is 2. The van der Waals surface area contributed by atoms with Crippen LogP contribution in [0.15, 0.2) is 65.7 Å². The number of hydrogen-bond acceptors (Lipinski definition) is 3. The lowest BCUT2D eigenvalue weighted by Gasteiger charge is -2.37. The molecule has 1 fully saturated rings. The summed E-state index contributed by atoms with van der Waals surface area (Å²) in [7, 11) is 3.52. The number of nitrogens with zero attached hydrogens (tertiary/aromatic N) is 3. The second kappa shape index (κ2) is 14.2. The molecule has 0 aliphatic carbocycles. The molecule has 2 N–H and O–H groups in total. The summed E-state index contributed by atoms with van der Waals surface area (Å²) in [6.45, 7) is 5.30. The first kappa shape index (κ1) is 27.1. The Balaban J connectivity index is 0.00000385. The van der Waals surface area contributed by atoms with E-state index in [-0.39, 0.29) is 36.4 Å². The molecule has 0 radical (unpaired) electrons. The summed E-state index contributed by atoms with van der Waals surface area (Å²) in [6.07, 6.45) is 3.02. The molecule has 6 nitrogen and oxygen atoms in total. The first-order chi connectivity index (χ1) is 15.5. The van der Waals surface area contributed by atoms with E-state index in [1.165, 1.54) is 11.1 Å². The van der Waals surface area contributed by atoms with E-state index >= 15 is 0 Å². The van der Waals surface area contributed by atoms with E-state index in [4.69, 9.17) is 0 Å². The Hall–Kier alpha value is -2.13. The Morgan fingerprint density at radius 3 is 2.27 bits per heavy atom. The number of aliphatic imine (C=N–C) groups is 1.